The molecule has 0 spiro atoms. The third kappa shape index (κ3) is 3.69. The van der Waals surface area contributed by atoms with Crippen molar-refractivity contribution < 1.29 is 14.2 Å². The van der Waals surface area contributed by atoms with Crippen molar-refractivity contribution in [2.45, 2.75) is 33.1 Å². The molecule has 8 heteroatoms. The first-order valence-electron chi connectivity index (χ1n) is 10.6. The van der Waals surface area contributed by atoms with Crippen LogP contribution in [0.5, 0.6) is 0 Å². The summed E-state index contributed by atoms with van der Waals surface area (Å²) in [5.74, 6) is -0.843. The Morgan fingerprint density at radius 1 is 0.938 bits per heavy atom. The van der Waals surface area contributed by atoms with Gasteiger partial charge < -0.3 is 0 Å². The highest BCUT2D eigenvalue weighted by atomic mass is 35.5. The molecule has 1 aliphatic rings. The third-order valence-electron chi connectivity index (χ3n) is 5.36. The van der Waals surface area contributed by atoms with E-state index in [9.17, 15) is 14.4 Å². The standard InChI is InChI=1S/C24H23ClN4O3/c1-3-8-18-19(23(31)29(26-18)17-11-9-16(25)10-12-17)20-21(27-14-6-5-7-15-27)24(32)28(13-4-2)22(20)30/h5-7,9-12,14-15H,3-4,8,13H2,1-2H3/p+1. The van der Waals surface area contributed by atoms with E-state index in [1.54, 1.807) is 53.4 Å². The zero-order valence-electron chi connectivity index (χ0n) is 18.0. The second kappa shape index (κ2) is 8.96. The number of pyridine rings is 1. The number of aryl methyl sites for hydroxylation is 1. The molecule has 164 valence electrons. The molecule has 0 unspecified atom stereocenters. The molecule has 1 aromatic carbocycles. The Balaban J connectivity index is 1.99. The summed E-state index contributed by atoms with van der Waals surface area (Å²) in [6.07, 6.45) is 5.35. The van der Waals surface area contributed by atoms with Gasteiger partial charge in [-0.15, -0.1) is 0 Å². The zero-order chi connectivity index (χ0) is 22.8. The van der Waals surface area contributed by atoms with Gasteiger partial charge in [0.05, 0.1) is 11.3 Å². The normalized spacial score (nSPS) is 14.0. The SMILES string of the molecule is CCCc1[nH]n(-c2ccc(Cl)cc2)c(=O)c1C1=C([n+]2ccccc2)C(=O)N(CCC)C1=O. The fraction of sp³-hybridized carbons (Fsp3) is 0.250. The lowest BCUT2D eigenvalue weighted by Crippen LogP contribution is -2.39. The van der Waals surface area contributed by atoms with E-state index in [4.69, 9.17) is 11.6 Å². The van der Waals surface area contributed by atoms with E-state index in [2.05, 4.69) is 5.10 Å². The van der Waals surface area contributed by atoms with Crippen LogP contribution >= 0.6 is 11.6 Å². The summed E-state index contributed by atoms with van der Waals surface area (Å²) < 4.78 is 3.01. The van der Waals surface area contributed by atoms with Gasteiger partial charge in [0.25, 0.3) is 17.2 Å². The quantitative estimate of drug-likeness (QED) is 0.442. The average molecular weight is 452 g/mol. The lowest BCUT2D eigenvalue weighted by atomic mass is 10.0. The monoisotopic (exact) mass is 451 g/mol. The number of H-pyrrole nitrogens is 1. The summed E-state index contributed by atoms with van der Waals surface area (Å²) in [6, 6.07) is 12.2. The maximum absolute atomic E-state index is 13.6. The summed E-state index contributed by atoms with van der Waals surface area (Å²) in [5, 5.41) is 3.71. The summed E-state index contributed by atoms with van der Waals surface area (Å²) in [7, 11) is 0. The number of amides is 2. The second-order valence-electron chi connectivity index (χ2n) is 7.60. The smallest absolute Gasteiger partial charge is 0.294 e. The molecule has 0 atom stereocenters. The molecule has 0 aliphatic carbocycles. The number of hydrogen-bond donors (Lipinski definition) is 1. The van der Waals surface area contributed by atoms with Crippen molar-refractivity contribution in [3.63, 3.8) is 0 Å². The van der Waals surface area contributed by atoms with Crippen LogP contribution in [0.3, 0.4) is 0 Å². The molecule has 0 saturated carbocycles. The maximum atomic E-state index is 13.6. The number of carbonyl (C=O) groups excluding carboxylic acids is 2. The van der Waals surface area contributed by atoms with Crippen LogP contribution in [0.15, 0.2) is 59.7 Å². The molecule has 0 bridgehead atoms. The highest BCUT2D eigenvalue weighted by Crippen LogP contribution is 2.30. The van der Waals surface area contributed by atoms with Gasteiger partial charge in [0.1, 0.15) is 5.57 Å². The van der Waals surface area contributed by atoms with Gasteiger partial charge in [-0.2, -0.15) is 4.57 Å². The predicted octanol–water partition coefficient (Wildman–Crippen LogP) is 3.21. The van der Waals surface area contributed by atoms with Gasteiger partial charge in [0, 0.05) is 29.4 Å². The molecule has 2 amide bonds. The molecule has 0 radical (unpaired) electrons. The molecule has 7 nitrogen and oxygen atoms in total. The molecule has 4 rings (SSSR count). The zero-order valence-corrected chi connectivity index (χ0v) is 18.7. The van der Waals surface area contributed by atoms with Gasteiger partial charge in [-0.3, -0.25) is 24.4 Å². The van der Waals surface area contributed by atoms with E-state index >= 15 is 0 Å². The first-order valence-corrected chi connectivity index (χ1v) is 11.0. The van der Waals surface area contributed by atoms with Gasteiger partial charge in [-0.05, 0) is 37.1 Å². The number of hydrogen-bond acceptors (Lipinski definition) is 3. The molecule has 2 aromatic heterocycles. The summed E-state index contributed by atoms with van der Waals surface area (Å²) in [5.41, 5.74) is 1.41. The van der Waals surface area contributed by atoms with Crippen LogP contribution in [-0.2, 0) is 16.0 Å². The number of aromatic nitrogens is 3. The average Bonchev–Trinajstić information content (AvgIpc) is 3.23. The van der Waals surface area contributed by atoms with Gasteiger partial charge in [-0.1, -0.05) is 37.9 Å². The lowest BCUT2D eigenvalue weighted by molar-refractivity contribution is -0.576. The number of aromatic amines is 1. The van der Waals surface area contributed by atoms with Gasteiger partial charge in [0.2, 0.25) is 0 Å². The number of benzene rings is 1. The van der Waals surface area contributed by atoms with Crippen molar-refractivity contribution in [3.8, 4) is 5.69 Å². The summed E-state index contributed by atoms with van der Waals surface area (Å²) >= 11 is 6.00. The van der Waals surface area contributed by atoms with Crippen LogP contribution in [0, 0.1) is 0 Å². The fourth-order valence-corrected chi connectivity index (χ4v) is 4.07. The van der Waals surface area contributed by atoms with Crippen LogP contribution in [-0.4, -0.2) is 33.0 Å². The van der Waals surface area contributed by atoms with E-state index in [1.807, 2.05) is 19.9 Å². The Kier molecular flexibility index (Phi) is 6.10. The number of nitrogens with zero attached hydrogens (tertiary/aromatic N) is 3. The number of imide groups is 1. The predicted molar refractivity (Wildman–Crippen MR) is 122 cm³/mol. The number of nitrogens with one attached hydrogen (secondary N) is 1. The van der Waals surface area contributed by atoms with Crippen molar-refractivity contribution in [1.29, 1.82) is 0 Å². The first kappa shape index (κ1) is 21.8. The molecule has 1 aliphatic heterocycles. The van der Waals surface area contributed by atoms with Crippen molar-refractivity contribution >= 4 is 34.7 Å². The minimum absolute atomic E-state index is 0.136. The van der Waals surface area contributed by atoms with Crippen LogP contribution in [0.4, 0.5) is 0 Å². The van der Waals surface area contributed by atoms with Crippen LogP contribution in [0.25, 0.3) is 17.0 Å². The molecule has 3 heterocycles. The van der Waals surface area contributed by atoms with Gasteiger partial charge >= 0.3 is 5.91 Å². The number of carbonyl (C=O) groups is 2. The molecule has 1 N–H and O–H groups in total. The topological polar surface area (TPSA) is 79.1 Å². The third-order valence-corrected chi connectivity index (χ3v) is 5.62. The number of halogens is 1. The molecule has 0 fully saturated rings. The van der Waals surface area contributed by atoms with Gasteiger partial charge in [-0.25, -0.2) is 4.68 Å². The molecular weight excluding hydrogens is 428 g/mol. The minimum atomic E-state index is -0.445. The summed E-state index contributed by atoms with van der Waals surface area (Å²) in [6.45, 7) is 4.19. The molecular formula is C24H24ClN4O3+. The van der Waals surface area contributed by atoms with Crippen LogP contribution in [0.1, 0.15) is 37.9 Å². The molecule has 3 aromatic rings. The Morgan fingerprint density at radius 2 is 1.62 bits per heavy atom. The Labute approximate surface area is 190 Å². The van der Waals surface area contributed by atoms with E-state index < -0.39 is 11.8 Å². The van der Waals surface area contributed by atoms with Crippen molar-refractivity contribution in [3.05, 3.63) is 81.5 Å². The van der Waals surface area contributed by atoms with Crippen molar-refractivity contribution in [2.24, 2.45) is 0 Å². The minimum Gasteiger partial charge on any atom is -0.294 e. The van der Waals surface area contributed by atoms with Gasteiger partial charge in [0.15, 0.2) is 12.4 Å². The van der Waals surface area contributed by atoms with Crippen molar-refractivity contribution in [2.75, 3.05) is 6.54 Å². The van der Waals surface area contributed by atoms with Crippen molar-refractivity contribution in [1.82, 2.24) is 14.7 Å². The lowest BCUT2D eigenvalue weighted by Gasteiger charge is -2.11. The Hall–Kier alpha value is -3.45. The van der Waals surface area contributed by atoms with E-state index in [-0.39, 0.29) is 28.9 Å². The molecule has 32 heavy (non-hydrogen) atoms. The van der Waals surface area contributed by atoms with Crippen LogP contribution in [0.2, 0.25) is 5.02 Å². The van der Waals surface area contributed by atoms with Crippen LogP contribution < -0.4 is 10.1 Å². The first-order chi connectivity index (χ1) is 15.5. The Bertz CT molecular complexity index is 1260. The maximum Gasteiger partial charge on any atom is 0.326 e. The van der Waals surface area contributed by atoms with E-state index in [0.717, 1.165) is 6.42 Å². The Morgan fingerprint density at radius 3 is 2.25 bits per heavy atom. The highest BCUT2D eigenvalue weighted by Gasteiger charge is 2.46. The fourth-order valence-electron chi connectivity index (χ4n) is 3.95. The molecule has 0 saturated heterocycles. The van der Waals surface area contributed by atoms with E-state index in [1.165, 1.54) is 9.58 Å². The second-order valence-corrected chi connectivity index (χ2v) is 8.04. The van der Waals surface area contributed by atoms with E-state index in [0.29, 0.717) is 29.2 Å². The highest BCUT2D eigenvalue weighted by molar-refractivity contribution is 6.44. The summed E-state index contributed by atoms with van der Waals surface area (Å²) in [4.78, 5) is 41.5. The number of rotatable bonds is 7. The largest absolute Gasteiger partial charge is 0.326 e.